The van der Waals surface area contributed by atoms with Gasteiger partial charge in [0.05, 0.1) is 11.7 Å². The summed E-state index contributed by atoms with van der Waals surface area (Å²) in [5.74, 6) is -0.896. The Morgan fingerprint density at radius 2 is 2.21 bits per heavy atom. The number of aromatic amines is 1. The Hall–Kier alpha value is -2.97. The van der Waals surface area contributed by atoms with Crippen molar-refractivity contribution in [1.29, 1.82) is 0 Å². The van der Waals surface area contributed by atoms with Crippen LogP contribution in [0.4, 0.5) is 13.2 Å². The number of rotatable bonds is 6. The van der Waals surface area contributed by atoms with Crippen molar-refractivity contribution < 1.29 is 22.7 Å². The molecule has 1 aliphatic rings. The number of hydrogen-bond donors (Lipinski definition) is 2. The zero-order valence-corrected chi connectivity index (χ0v) is 15.6. The van der Waals surface area contributed by atoms with Crippen LogP contribution >= 0.6 is 0 Å². The molecule has 0 saturated heterocycles. The predicted molar refractivity (Wildman–Crippen MR) is 97.1 cm³/mol. The van der Waals surface area contributed by atoms with Gasteiger partial charge in [-0.2, -0.15) is 5.10 Å². The number of halogens is 3. The number of nitrogens with zero attached hydrogens (tertiary/aromatic N) is 2. The number of H-pyrrole nitrogens is 1. The first-order valence-electron chi connectivity index (χ1n) is 8.79. The summed E-state index contributed by atoms with van der Waals surface area (Å²) in [6, 6.07) is 1.49. The Bertz CT molecular complexity index is 1010. The maximum absolute atomic E-state index is 12.7. The van der Waals surface area contributed by atoms with Gasteiger partial charge in [-0.3, -0.25) is 9.48 Å². The Labute approximate surface area is 159 Å². The van der Waals surface area contributed by atoms with Crippen molar-refractivity contribution in [2.75, 3.05) is 0 Å². The number of aryl methyl sites for hydroxylation is 1. The molecule has 0 aliphatic heterocycles. The van der Waals surface area contributed by atoms with Crippen LogP contribution in [0.3, 0.4) is 0 Å². The minimum Gasteiger partial charge on any atom is -0.406 e. The van der Waals surface area contributed by atoms with Gasteiger partial charge in [-0.05, 0) is 31.4 Å². The molecular weight excluding hydrogens is 373 g/mol. The molecule has 1 saturated carbocycles. The fourth-order valence-corrected chi connectivity index (χ4v) is 3.02. The van der Waals surface area contributed by atoms with Gasteiger partial charge in [0.1, 0.15) is 11.5 Å². The molecule has 3 rings (SSSR count). The number of amides is 1. The summed E-state index contributed by atoms with van der Waals surface area (Å²) < 4.78 is 42.5. The molecule has 2 heterocycles. The van der Waals surface area contributed by atoms with Crippen LogP contribution in [0.25, 0.3) is 12.2 Å². The molecule has 1 aliphatic carbocycles. The number of allylic oxidation sites excluding steroid dienone is 1. The van der Waals surface area contributed by atoms with E-state index in [9.17, 15) is 18.0 Å². The summed E-state index contributed by atoms with van der Waals surface area (Å²) in [6.07, 6.45) is 3.91. The highest BCUT2D eigenvalue weighted by Crippen LogP contribution is 2.45. The van der Waals surface area contributed by atoms with Crippen LogP contribution in [0.1, 0.15) is 42.2 Å². The molecule has 0 unspecified atom stereocenters. The van der Waals surface area contributed by atoms with Crippen molar-refractivity contribution in [3.63, 3.8) is 0 Å². The number of aromatic nitrogens is 3. The van der Waals surface area contributed by atoms with Crippen molar-refractivity contribution in [1.82, 2.24) is 20.1 Å². The highest BCUT2D eigenvalue weighted by Gasteiger charge is 2.46. The lowest BCUT2D eigenvalue weighted by Gasteiger charge is -2.15. The van der Waals surface area contributed by atoms with Crippen LogP contribution in [-0.2, 0) is 17.3 Å². The summed E-state index contributed by atoms with van der Waals surface area (Å²) in [5.41, 5.74) is 0.729. The molecule has 0 spiro atoms. The van der Waals surface area contributed by atoms with E-state index in [0.717, 1.165) is 24.5 Å². The fraction of sp³-hybridized carbons (Fsp3) is 0.368. The Morgan fingerprint density at radius 3 is 2.75 bits per heavy atom. The van der Waals surface area contributed by atoms with Crippen molar-refractivity contribution in [3.05, 3.63) is 52.6 Å². The van der Waals surface area contributed by atoms with Crippen molar-refractivity contribution >= 4 is 18.1 Å². The third-order valence-electron chi connectivity index (χ3n) is 4.46. The van der Waals surface area contributed by atoms with Crippen LogP contribution in [0, 0.1) is 0 Å². The summed E-state index contributed by atoms with van der Waals surface area (Å²) in [4.78, 5) is 15.7. The van der Waals surface area contributed by atoms with Gasteiger partial charge in [-0.1, -0.05) is 19.6 Å². The van der Waals surface area contributed by atoms with Crippen LogP contribution in [-0.4, -0.2) is 27.0 Å². The highest BCUT2D eigenvalue weighted by molar-refractivity contribution is 5.93. The topological polar surface area (TPSA) is 71.9 Å². The first kappa shape index (κ1) is 19.8. The smallest absolute Gasteiger partial charge is 0.406 e. The van der Waals surface area contributed by atoms with E-state index in [0.29, 0.717) is 17.0 Å². The average Bonchev–Trinajstić information content (AvgIpc) is 3.03. The number of hydrogen-bond acceptors (Lipinski definition) is 3. The van der Waals surface area contributed by atoms with Gasteiger partial charge < -0.3 is 15.0 Å². The SMILES string of the molecule is C=C(C=c1cc(C(=O)NC2(c3cnn(C)c3)CC2)[nH]c1=CCC)OC(F)(F)F. The second kappa shape index (κ2) is 7.21. The Balaban J connectivity index is 1.86. The van der Waals surface area contributed by atoms with Gasteiger partial charge >= 0.3 is 6.36 Å². The van der Waals surface area contributed by atoms with Crippen LogP contribution in [0.2, 0.25) is 0 Å². The molecular formula is C19H21F3N4O2. The van der Waals surface area contributed by atoms with Gasteiger partial charge in [0.25, 0.3) is 5.91 Å². The molecule has 0 atom stereocenters. The molecule has 0 bridgehead atoms. The van der Waals surface area contributed by atoms with Crippen molar-refractivity contribution in [3.8, 4) is 0 Å². The van der Waals surface area contributed by atoms with Gasteiger partial charge in [0.15, 0.2) is 0 Å². The normalized spacial score (nSPS) is 16.9. The van der Waals surface area contributed by atoms with Crippen LogP contribution < -0.4 is 15.9 Å². The maximum atomic E-state index is 12.7. The number of alkyl halides is 3. The summed E-state index contributed by atoms with van der Waals surface area (Å²) in [5, 5.41) is 8.07. The van der Waals surface area contributed by atoms with E-state index in [1.54, 1.807) is 24.0 Å². The third-order valence-corrected chi connectivity index (χ3v) is 4.46. The Morgan fingerprint density at radius 1 is 1.50 bits per heavy atom. The molecule has 2 N–H and O–H groups in total. The first-order chi connectivity index (χ1) is 13.1. The fourth-order valence-electron chi connectivity index (χ4n) is 3.02. The first-order valence-corrected chi connectivity index (χ1v) is 8.79. The highest BCUT2D eigenvalue weighted by atomic mass is 19.4. The molecule has 1 fully saturated rings. The molecule has 0 radical (unpaired) electrons. The zero-order valence-electron chi connectivity index (χ0n) is 15.6. The molecule has 150 valence electrons. The molecule has 2 aromatic heterocycles. The Kier molecular flexibility index (Phi) is 5.10. The maximum Gasteiger partial charge on any atom is 0.573 e. The number of nitrogens with one attached hydrogen (secondary N) is 2. The predicted octanol–water partition coefficient (Wildman–Crippen LogP) is 2.19. The quantitative estimate of drug-likeness (QED) is 0.738. The van der Waals surface area contributed by atoms with E-state index >= 15 is 0 Å². The van der Waals surface area contributed by atoms with E-state index in [-0.39, 0.29) is 11.6 Å². The van der Waals surface area contributed by atoms with Crippen LogP contribution in [0.5, 0.6) is 0 Å². The lowest BCUT2D eigenvalue weighted by Crippen LogP contribution is -2.35. The molecule has 28 heavy (non-hydrogen) atoms. The zero-order chi connectivity index (χ0) is 20.5. The van der Waals surface area contributed by atoms with Gasteiger partial charge in [-0.25, -0.2) is 0 Å². The van der Waals surface area contributed by atoms with Gasteiger partial charge in [0, 0.05) is 29.4 Å². The average molecular weight is 394 g/mol. The van der Waals surface area contributed by atoms with Crippen molar-refractivity contribution in [2.45, 2.75) is 38.1 Å². The standard InChI is InChI=1S/C19H21F3N4O2/c1-4-5-15-13(8-12(2)28-19(20,21)22)9-16(24-15)17(27)25-18(6-7-18)14-10-23-26(3)11-14/h5,8-11,24H,2,4,6-7H2,1,3H3,(H,25,27). The lowest BCUT2D eigenvalue weighted by molar-refractivity contribution is -0.302. The van der Waals surface area contributed by atoms with Crippen molar-refractivity contribution in [2.24, 2.45) is 7.05 Å². The molecule has 2 aromatic rings. The number of ether oxygens (including phenoxy) is 1. The van der Waals surface area contributed by atoms with E-state index < -0.39 is 17.7 Å². The minimum absolute atomic E-state index is 0.251. The third kappa shape index (κ3) is 4.47. The largest absolute Gasteiger partial charge is 0.573 e. The van der Waals surface area contributed by atoms with E-state index in [1.807, 2.05) is 13.1 Å². The summed E-state index contributed by atoms with van der Waals surface area (Å²) in [7, 11) is 1.80. The summed E-state index contributed by atoms with van der Waals surface area (Å²) in [6.45, 7) is 5.15. The van der Waals surface area contributed by atoms with E-state index in [4.69, 9.17) is 0 Å². The van der Waals surface area contributed by atoms with Gasteiger partial charge in [0.2, 0.25) is 0 Å². The van der Waals surface area contributed by atoms with E-state index in [2.05, 4.69) is 26.7 Å². The molecule has 1 amide bonds. The molecule has 0 aromatic carbocycles. The lowest BCUT2D eigenvalue weighted by atomic mass is 10.1. The number of carbonyl (C=O) groups excluding carboxylic acids is 1. The van der Waals surface area contributed by atoms with Crippen LogP contribution in [0.15, 0.2) is 30.8 Å². The minimum atomic E-state index is -4.82. The summed E-state index contributed by atoms with van der Waals surface area (Å²) >= 11 is 0. The molecule has 6 nitrogen and oxygen atoms in total. The van der Waals surface area contributed by atoms with Gasteiger partial charge in [-0.15, -0.1) is 13.2 Å². The molecule has 9 heteroatoms. The van der Waals surface area contributed by atoms with E-state index in [1.165, 1.54) is 6.07 Å². The number of carbonyl (C=O) groups is 1. The monoisotopic (exact) mass is 394 g/mol. The second-order valence-electron chi connectivity index (χ2n) is 6.76. The second-order valence-corrected chi connectivity index (χ2v) is 6.76.